The number of nitrogens with zero attached hydrogens (tertiary/aromatic N) is 2. The quantitative estimate of drug-likeness (QED) is 0.842. The molecule has 1 amide bonds. The van der Waals surface area contributed by atoms with E-state index in [4.69, 9.17) is 0 Å². The van der Waals surface area contributed by atoms with Gasteiger partial charge in [-0.15, -0.1) is 11.3 Å². The summed E-state index contributed by atoms with van der Waals surface area (Å²) in [5, 5.41) is 8.26. The summed E-state index contributed by atoms with van der Waals surface area (Å²) >= 11 is 1.54. The lowest BCUT2D eigenvalue weighted by Gasteiger charge is -2.20. The molecule has 1 radical (unpaired) electrons. The number of carbonyl (C=O) groups excluding carboxylic acids is 1. The Morgan fingerprint density at radius 3 is 3.00 bits per heavy atom. The molecule has 5 nitrogen and oxygen atoms in total. The second-order valence-electron chi connectivity index (χ2n) is 6.78. The summed E-state index contributed by atoms with van der Waals surface area (Å²) in [5.41, 5.74) is 5.24. The van der Waals surface area contributed by atoms with Crippen molar-refractivity contribution in [3.63, 3.8) is 0 Å². The van der Waals surface area contributed by atoms with E-state index in [1.54, 1.807) is 16.8 Å². The van der Waals surface area contributed by atoms with Gasteiger partial charge < -0.3 is 5.32 Å². The highest BCUT2D eigenvalue weighted by Crippen LogP contribution is 2.30. The number of carbonyl (C=O) groups is 1. The number of hydrogen-bond donors (Lipinski definition) is 2. The van der Waals surface area contributed by atoms with Crippen molar-refractivity contribution in [1.82, 2.24) is 9.98 Å². The van der Waals surface area contributed by atoms with Gasteiger partial charge in [0.05, 0.1) is 5.51 Å². The molecular formula is C19H22N4OS+. The van der Waals surface area contributed by atoms with Gasteiger partial charge in [0.15, 0.2) is 11.4 Å². The monoisotopic (exact) mass is 354 g/mol. The minimum absolute atomic E-state index is 0.101. The number of anilines is 2. The van der Waals surface area contributed by atoms with E-state index in [0.29, 0.717) is 6.42 Å². The Kier molecular flexibility index (Phi) is 4.78. The molecule has 0 unspecified atom stereocenters. The Bertz CT molecular complexity index is 779. The fourth-order valence-corrected chi connectivity index (χ4v) is 4.11. The number of rotatable bonds is 5. The molecule has 6 heteroatoms. The molecule has 2 aliphatic rings. The Labute approximate surface area is 151 Å². The molecule has 129 valence electrons. The van der Waals surface area contributed by atoms with Gasteiger partial charge in [-0.3, -0.25) is 4.79 Å². The van der Waals surface area contributed by atoms with Crippen LogP contribution in [0.1, 0.15) is 50.6 Å². The van der Waals surface area contributed by atoms with E-state index in [9.17, 15) is 4.79 Å². The third kappa shape index (κ3) is 3.90. The van der Waals surface area contributed by atoms with Crippen molar-refractivity contribution >= 4 is 40.1 Å². The van der Waals surface area contributed by atoms with Gasteiger partial charge in [0, 0.05) is 23.6 Å². The van der Waals surface area contributed by atoms with Gasteiger partial charge in [-0.25, -0.2) is 10.3 Å². The van der Waals surface area contributed by atoms with Crippen LogP contribution in [0.15, 0.2) is 29.1 Å². The van der Waals surface area contributed by atoms with Crippen molar-refractivity contribution in [3.8, 4) is 0 Å². The van der Waals surface area contributed by atoms with E-state index < -0.39 is 0 Å². The molecule has 0 bridgehead atoms. The van der Waals surface area contributed by atoms with E-state index >= 15 is 0 Å². The molecule has 1 aromatic carbocycles. The molecule has 1 saturated carbocycles. The van der Waals surface area contributed by atoms with Crippen LogP contribution in [0.5, 0.6) is 0 Å². The molecule has 4 rings (SSSR count). The number of thiazole rings is 1. The average Bonchev–Trinajstić information content (AvgIpc) is 3.30. The molecule has 2 N–H and O–H groups in total. The zero-order chi connectivity index (χ0) is 17.1. The lowest BCUT2D eigenvalue weighted by Crippen LogP contribution is -2.15. The fraction of sp³-hybridized carbons (Fsp3) is 0.421. The number of aromatic nitrogens is 1. The Morgan fingerprint density at radius 1 is 1.32 bits per heavy atom. The van der Waals surface area contributed by atoms with Crippen LogP contribution in [-0.4, -0.2) is 16.7 Å². The highest BCUT2D eigenvalue weighted by molar-refractivity contribution is 7.07. The summed E-state index contributed by atoms with van der Waals surface area (Å²) in [4.78, 5) is 21.1. The summed E-state index contributed by atoms with van der Waals surface area (Å²) in [6.45, 7) is 0. The third-order valence-electron chi connectivity index (χ3n) is 4.94. The smallest absolute Gasteiger partial charge is 0.326 e. The predicted molar refractivity (Wildman–Crippen MR) is 103 cm³/mol. The first-order valence-corrected chi connectivity index (χ1v) is 9.90. The number of aliphatic imine (C=N–C) groups is 1. The van der Waals surface area contributed by atoms with Crippen LogP contribution in [0.25, 0.3) is 0 Å². The summed E-state index contributed by atoms with van der Waals surface area (Å²) in [5.74, 6) is 1.59. The maximum Gasteiger partial charge on any atom is 0.348 e. The average molecular weight is 354 g/mol. The van der Waals surface area contributed by atoms with Gasteiger partial charge in [0.2, 0.25) is 11.6 Å². The van der Waals surface area contributed by atoms with E-state index in [0.717, 1.165) is 40.9 Å². The standard InChI is InChI=1S/C19H22N4OS/c24-18(9-6-13-4-2-1-3-5-13)21-14-7-8-15-16(10-14)23-19(22-15)17-11-25-12-20-17/h7-8,10-13,23H,1-6,9H2,(H,21,24)/q+1. The molecule has 1 aliphatic carbocycles. The van der Waals surface area contributed by atoms with Crippen LogP contribution in [0.4, 0.5) is 17.1 Å². The minimum atomic E-state index is 0.101. The number of benzene rings is 1. The van der Waals surface area contributed by atoms with Crippen LogP contribution >= 0.6 is 11.3 Å². The molecular weight excluding hydrogens is 332 g/mol. The van der Waals surface area contributed by atoms with Crippen molar-refractivity contribution < 1.29 is 4.79 Å². The Morgan fingerprint density at radius 2 is 2.20 bits per heavy atom. The van der Waals surface area contributed by atoms with E-state index in [1.807, 2.05) is 23.6 Å². The molecule has 1 aliphatic heterocycles. The highest BCUT2D eigenvalue weighted by Gasteiger charge is 2.28. The maximum atomic E-state index is 12.2. The lowest BCUT2D eigenvalue weighted by molar-refractivity contribution is -0.116. The zero-order valence-electron chi connectivity index (χ0n) is 14.1. The van der Waals surface area contributed by atoms with Gasteiger partial charge in [-0.1, -0.05) is 32.1 Å². The third-order valence-corrected chi connectivity index (χ3v) is 5.53. The number of amidine groups is 1. The van der Waals surface area contributed by atoms with Crippen molar-refractivity contribution in [2.45, 2.75) is 44.9 Å². The number of amides is 1. The molecule has 1 fully saturated rings. The fourth-order valence-electron chi connectivity index (χ4n) is 3.57. The molecule has 25 heavy (non-hydrogen) atoms. The normalized spacial score (nSPS) is 16.9. The highest BCUT2D eigenvalue weighted by atomic mass is 32.1. The van der Waals surface area contributed by atoms with Gasteiger partial charge in [0.1, 0.15) is 0 Å². The van der Waals surface area contributed by atoms with Crippen LogP contribution in [0.3, 0.4) is 0 Å². The van der Waals surface area contributed by atoms with Crippen molar-refractivity contribution in [1.29, 1.82) is 0 Å². The molecule has 0 saturated heterocycles. The number of fused-ring (bicyclic) bond motifs is 1. The largest absolute Gasteiger partial charge is 0.348 e. The molecule has 0 spiro atoms. The second-order valence-corrected chi connectivity index (χ2v) is 7.50. The van der Waals surface area contributed by atoms with Crippen molar-refractivity contribution in [3.05, 3.63) is 34.8 Å². The predicted octanol–water partition coefficient (Wildman–Crippen LogP) is 4.28. The van der Waals surface area contributed by atoms with E-state index in [1.165, 1.54) is 32.1 Å². The summed E-state index contributed by atoms with van der Waals surface area (Å²) in [6, 6.07) is 5.78. The topological polar surface area (TPSA) is 68.1 Å². The first-order chi connectivity index (χ1) is 12.3. The summed E-state index contributed by atoms with van der Waals surface area (Å²) in [6.07, 6.45) is 8.19. The molecule has 2 aromatic rings. The number of nitrogens with one attached hydrogen (secondary N) is 2. The van der Waals surface area contributed by atoms with Crippen LogP contribution < -0.4 is 15.6 Å². The van der Waals surface area contributed by atoms with Gasteiger partial charge in [0.25, 0.3) is 0 Å². The van der Waals surface area contributed by atoms with E-state index in [2.05, 4.69) is 20.6 Å². The van der Waals surface area contributed by atoms with Gasteiger partial charge in [-0.05, 0) is 29.5 Å². The SMILES string of the molecule is O=C(CCC1CCCCC1)Nc1ccc2c(c1)NC(c1cscn1)=[N+]2. The lowest BCUT2D eigenvalue weighted by atomic mass is 9.86. The second kappa shape index (κ2) is 7.35. The molecule has 2 heterocycles. The van der Waals surface area contributed by atoms with E-state index in [-0.39, 0.29) is 5.91 Å². The van der Waals surface area contributed by atoms with Crippen molar-refractivity contribution in [2.24, 2.45) is 5.92 Å². The first-order valence-electron chi connectivity index (χ1n) is 8.96. The summed E-state index contributed by atoms with van der Waals surface area (Å²) < 4.78 is 0. The Hall–Kier alpha value is -2.21. The van der Waals surface area contributed by atoms with Gasteiger partial charge in [-0.2, -0.15) is 0 Å². The van der Waals surface area contributed by atoms with Gasteiger partial charge >= 0.3 is 5.84 Å². The van der Waals surface area contributed by atoms with Crippen molar-refractivity contribution in [2.75, 3.05) is 10.6 Å². The van der Waals surface area contributed by atoms with Crippen LogP contribution in [0.2, 0.25) is 0 Å². The van der Waals surface area contributed by atoms with Crippen LogP contribution in [0, 0.1) is 5.92 Å². The minimum Gasteiger partial charge on any atom is -0.326 e. The molecule has 1 aromatic heterocycles. The van der Waals surface area contributed by atoms with Crippen LogP contribution in [-0.2, 0) is 4.79 Å². The zero-order valence-corrected chi connectivity index (χ0v) is 14.9. The first kappa shape index (κ1) is 16.3. The summed E-state index contributed by atoms with van der Waals surface area (Å²) in [7, 11) is 0. The molecule has 0 atom stereocenters. The maximum absolute atomic E-state index is 12.2. The number of hydrogen-bond acceptors (Lipinski definition) is 5. The Balaban J connectivity index is 1.33.